The minimum absolute atomic E-state index is 0.163. The summed E-state index contributed by atoms with van der Waals surface area (Å²) < 4.78 is 38.7. The van der Waals surface area contributed by atoms with Crippen molar-refractivity contribution >= 4 is 16.8 Å². The maximum Gasteiger partial charge on any atom is 0.255 e. The van der Waals surface area contributed by atoms with Gasteiger partial charge in [-0.15, -0.1) is 0 Å². The molecule has 1 heterocycles. The van der Waals surface area contributed by atoms with Crippen molar-refractivity contribution < 1.29 is 28.2 Å². The number of nitrogens with one attached hydrogen (secondary N) is 2. The molecule has 0 spiro atoms. The number of para-hydroxylation sites is 1. The van der Waals surface area contributed by atoms with E-state index >= 15 is 0 Å². The van der Waals surface area contributed by atoms with Crippen molar-refractivity contribution in [1.82, 2.24) is 10.3 Å². The van der Waals surface area contributed by atoms with Gasteiger partial charge in [-0.3, -0.25) is 4.79 Å². The Morgan fingerprint density at radius 1 is 1.06 bits per heavy atom. The van der Waals surface area contributed by atoms with Crippen LogP contribution in [-0.4, -0.2) is 41.9 Å². The maximum atomic E-state index is 13.8. The van der Waals surface area contributed by atoms with E-state index in [9.17, 15) is 18.7 Å². The zero-order valence-electron chi connectivity index (χ0n) is 20.3. The molecule has 0 radical (unpaired) electrons. The normalized spacial score (nSPS) is 12.1. The molecule has 3 N–H and O–H groups in total. The van der Waals surface area contributed by atoms with Gasteiger partial charge in [0.25, 0.3) is 5.91 Å². The number of carbonyl (C=O) groups excluding carboxylic acids is 1. The summed E-state index contributed by atoms with van der Waals surface area (Å²) in [6.07, 6.45) is 1.66. The minimum atomic E-state index is -0.962. The van der Waals surface area contributed by atoms with Crippen LogP contribution in [0, 0.1) is 11.6 Å². The van der Waals surface area contributed by atoms with E-state index in [1.54, 1.807) is 25.4 Å². The number of hydrogen-bond acceptors (Lipinski definition) is 4. The summed E-state index contributed by atoms with van der Waals surface area (Å²) in [6.45, 7) is 3.38. The number of halogens is 2. The molecule has 0 fully saturated rings. The SMILES string of the molecule is COc1ccccc1-c1ccc(OC(C)C)c(C(=O)N[C@@H](CO)Cc2c[nH]c3cc(F)c(F)cc23)c1. The van der Waals surface area contributed by atoms with Gasteiger partial charge in [0.15, 0.2) is 11.6 Å². The number of aliphatic hydroxyl groups excluding tert-OH is 1. The summed E-state index contributed by atoms with van der Waals surface area (Å²) in [6, 6.07) is 14.3. The number of methoxy groups -OCH3 is 1. The van der Waals surface area contributed by atoms with Crippen LogP contribution in [0.4, 0.5) is 8.78 Å². The molecule has 0 aliphatic heterocycles. The molecule has 0 saturated heterocycles. The number of hydrogen-bond donors (Lipinski definition) is 3. The average Bonchev–Trinajstić information content (AvgIpc) is 3.24. The second-order valence-electron chi connectivity index (χ2n) is 8.76. The van der Waals surface area contributed by atoms with E-state index in [1.165, 1.54) is 0 Å². The van der Waals surface area contributed by atoms with Gasteiger partial charge >= 0.3 is 0 Å². The van der Waals surface area contributed by atoms with Gasteiger partial charge < -0.3 is 24.9 Å². The van der Waals surface area contributed by atoms with Crippen molar-refractivity contribution in [2.24, 2.45) is 0 Å². The number of carbonyl (C=O) groups is 1. The van der Waals surface area contributed by atoms with E-state index in [0.29, 0.717) is 33.5 Å². The van der Waals surface area contributed by atoms with Gasteiger partial charge in [-0.2, -0.15) is 0 Å². The first kappa shape index (κ1) is 25.2. The number of benzene rings is 3. The fourth-order valence-corrected chi connectivity index (χ4v) is 4.15. The highest BCUT2D eigenvalue weighted by Crippen LogP contribution is 2.33. The van der Waals surface area contributed by atoms with Crippen molar-refractivity contribution in [2.75, 3.05) is 13.7 Å². The Morgan fingerprint density at radius 3 is 2.53 bits per heavy atom. The van der Waals surface area contributed by atoms with Crippen molar-refractivity contribution in [3.8, 4) is 22.6 Å². The van der Waals surface area contributed by atoms with Gasteiger partial charge in [0.05, 0.1) is 31.4 Å². The molecule has 1 aromatic heterocycles. The standard InChI is InChI=1S/C28H28F2N2O4/c1-16(2)36-27-9-8-17(20-6-4-5-7-26(20)35-3)11-22(27)28(34)32-19(15-33)10-18-14-31-25-13-24(30)23(29)12-21(18)25/h4-9,11-14,16,19,31,33H,10,15H2,1-3H3,(H,32,34)/t19-/m1/s1. The molecule has 6 nitrogen and oxygen atoms in total. The largest absolute Gasteiger partial charge is 0.496 e. The summed E-state index contributed by atoms with van der Waals surface area (Å²) >= 11 is 0. The number of amides is 1. The molecule has 0 aliphatic rings. The molecule has 4 aromatic rings. The molecule has 0 aliphatic carbocycles. The fraction of sp³-hybridized carbons (Fsp3) is 0.250. The maximum absolute atomic E-state index is 13.8. The summed E-state index contributed by atoms with van der Waals surface area (Å²) in [5.74, 6) is -1.27. The van der Waals surface area contributed by atoms with Crippen LogP contribution in [0.25, 0.3) is 22.0 Å². The lowest BCUT2D eigenvalue weighted by atomic mass is 10.00. The Labute approximate surface area is 207 Å². The van der Waals surface area contributed by atoms with Gasteiger partial charge in [0, 0.05) is 28.7 Å². The number of aromatic amines is 1. The molecule has 0 bridgehead atoms. The average molecular weight is 495 g/mol. The van der Waals surface area contributed by atoms with E-state index in [1.807, 2.05) is 44.2 Å². The first-order valence-electron chi connectivity index (χ1n) is 11.6. The Balaban J connectivity index is 1.63. The van der Waals surface area contributed by atoms with Crippen LogP contribution in [0.1, 0.15) is 29.8 Å². The van der Waals surface area contributed by atoms with Crippen LogP contribution in [0.3, 0.4) is 0 Å². The predicted octanol–water partition coefficient (Wildman–Crippen LogP) is 5.24. The number of fused-ring (bicyclic) bond motifs is 1. The molecule has 188 valence electrons. The molecule has 1 amide bonds. The minimum Gasteiger partial charge on any atom is -0.496 e. The Bertz CT molecular complexity index is 1380. The zero-order chi connectivity index (χ0) is 25.8. The summed E-state index contributed by atoms with van der Waals surface area (Å²) in [7, 11) is 1.58. The highest BCUT2D eigenvalue weighted by atomic mass is 19.2. The van der Waals surface area contributed by atoms with Crippen LogP contribution >= 0.6 is 0 Å². The lowest BCUT2D eigenvalue weighted by Gasteiger charge is -2.20. The van der Waals surface area contributed by atoms with E-state index in [2.05, 4.69) is 10.3 Å². The lowest BCUT2D eigenvalue weighted by molar-refractivity contribution is 0.0910. The quantitative estimate of drug-likeness (QED) is 0.297. The van der Waals surface area contributed by atoms with E-state index < -0.39 is 23.6 Å². The highest BCUT2D eigenvalue weighted by Gasteiger charge is 2.21. The van der Waals surface area contributed by atoms with Gasteiger partial charge in [-0.05, 0) is 55.7 Å². The highest BCUT2D eigenvalue weighted by molar-refractivity contribution is 5.98. The molecular weight excluding hydrogens is 466 g/mol. The number of ether oxygens (including phenoxy) is 2. The van der Waals surface area contributed by atoms with Crippen molar-refractivity contribution in [1.29, 1.82) is 0 Å². The molecular formula is C28H28F2N2O4. The lowest BCUT2D eigenvalue weighted by Crippen LogP contribution is -2.39. The third kappa shape index (κ3) is 5.33. The van der Waals surface area contributed by atoms with E-state index in [-0.39, 0.29) is 19.1 Å². The van der Waals surface area contributed by atoms with Crippen LogP contribution in [0.15, 0.2) is 60.8 Å². The summed E-state index contributed by atoms with van der Waals surface area (Å²) in [5, 5.41) is 13.3. The van der Waals surface area contributed by atoms with Crippen molar-refractivity contribution in [2.45, 2.75) is 32.4 Å². The molecule has 8 heteroatoms. The third-order valence-corrected chi connectivity index (χ3v) is 5.84. The summed E-state index contributed by atoms with van der Waals surface area (Å²) in [4.78, 5) is 16.3. The summed E-state index contributed by atoms with van der Waals surface area (Å²) in [5.41, 5.74) is 2.96. The van der Waals surface area contributed by atoms with Gasteiger partial charge in [-0.1, -0.05) is 24.3 Å². The first-order chi connectivity index (χ1) is 17.3. The number of rotatable bonds is 9. The topological polar surface area (TPSA) is 83.6 Å². The molecule has 0 unspecified atom stereocenters. The number of aliphatic hydroxyl groups is 1. The van der Waals surface area contributed by atoms with Crippen molar-refractivity contribution in [3.63, 3.8) is 0 Å². The van der Waals surface area contributed by atoms with Gasteiger partial charge in [-0.25, -0.2) is 8.78 Å². The molecule has 36 heavy (non-hydrogen) atoms. The Morgan fingerprint density at radius 2 is 1.81 bits per heavy atom. The van der Waals surface area contributed by atoms with E-state index in [0.717, 1.165) is 23.3 Å². The first-order valence-corrected chi connectivity index (χ1v) is 11.6. The molecule has 0 saturated carbocycles. The number of aromatic nitrogens is 1. The Hall–Kier alpha value is -3.91. The van der Waals surface area contributed by atoms with Crippen LogP contribution in [0.2, 0.25) is 0 Å². The van der Waals surface area contributed by atoms with Gasteiger partial charge in [0.1, 0.15) is 11.5 Å². The van der Waals surface area contributed by atoms with E-state index in [4.69, 9.17) is 9.47 Å². The third-order valence-electron chi connectivity index (χ3n) is 5.84. The zero-order valence-corrected chi connectivity index (χ0v) is 20.3. The van der Waals surface area contributed by atoms with Crippen LogP contribution < -0.4 is 14.8 Å². The van der Waals surface area contributed by atoms with Crippen molar-refractivity contribution in [3.05, 3.63) is 83.6 Å². The van der Waals surface area contributed by atoms with Crippen LogP contribution in [-0.2, 0) is 6.42 Å². The second-order valence-corrected chi connectivity index (χ2v) is 8.76. The second kappa shape index (κ2) is 10.8. The molecule has 3 aromatic carbocycles. The number of H-pyrrole nitrogens is 1. The predicted molar refractivity (Wildman–Crippen MR) is 134 cm³/mol. The van der Waals surface area contributed by atoms with Crippen LogP contribution in [0.5, 0.6) is 11.5 Å². The smallest absolute Gasteiger partial charge is 0.255 e. The fourth-order valence-electron chi connectivity index (χ4n) is 4.15. The molecule has 1 atom stereocenters. The monoisotopic (exact) mass is 494 g/mol. The van der Waals surface area contributed by atoms with Gasteiger partial charge in [0.2, 0.25) is 0 Å². The molecule has 4 rings (SSSR count). The Kier molecular flexibility index (Phi) is 7.55.